The minimum absolute atomic E-state index is 0.205. The van der Waals surface area contributed by atoms with Crippen molar-refractivity contribution in [2.24, 2.45) is 5.84 Å². The van der Waals surface area contributed by atoms with Gasteiger partial charge in [-0.3, -0.25) is 10.2 Å². The number of aromatic nitrogens is 2. The summed E-state index contributed by atoms with van der Waals surface area (Å²) in [7, 11) is 0. The first-order chi connectivity index (χ1) is 8.19. The predicted octanol–water partition coefficient (Wildman–Crippen LogP) is 1.34. The Hall–Kier alpha value is -1.38. The van der Waals surface area contributed by atoms with E-state index in [-0.39, 0.29) is 5.76 Å². The Morgan fingerprint density at radius 2 is 2.47 bits per heavy atom. The van der Waals surface area contributed by atoms with Crippen LogP contribution in [0, 0.1) is 6.92 Å². The topological polar surface area (TPSA) is 94.0 Å². The smallest absolute Gasteiger partial charge is 0.300 e. The summed E-state index contributed by atoms with van der Waals surface area (Å²) >= 11 is 2.86. The highest BCUT2D eigenvalue weighted by atomic mass is 32.2. The molecule has 3 N–H and O–H groups in total. The summed E-state index contributed by atoms with van der Waals surface area (Å²) < 4.78 is 10.3. The number of nitrogen functional groups attached to an aromatic ring is 1. The normalized spacial score (nSPS) is 10.5. The van der Waals surface area contributed by atoms with E-state index in [0.717, 1.165) is 10.2 Å². The molecule has 0 atom stereocenters. The molecule has 6 nitrogen and oxygen atoms in total. The molecule has 17 heavy (non-hydrogen) atoms. The van der Waals surface area contributed by atoms with Crippen molar-refractivity contribution in [1.29, 1.82) is 0 Å². The van der Waals surface area contributed by atoms with Gasteiger partial charge in [-0.1, -0.05) is 11.8 Å². The maximum atomic E-state index is 11.1. The van der Waals surface area contributed by atoms with Gasteiger partial charge in [-0.15, -0.1) is 0 Å². The molecule has 0 saturated carbocycles. The molecule has 8 heteroatoms. The van der Waals surface area contributed by atoms with Crippen LogP contribution in [-0.4, -0.2) is 15.3 Å². The number of thioether (sulfide) groups is 1. The Labute approximate surface area is 106 Å². The van der Waals surface area contributed by atoms with Crippen molar-refractivity contribution in [3.8, 4) is 0 Å². The van der Waals surface area contributed by atoms with E-state index in [2.05, 4.69) is 9.36 Å². The Morgan fingerprint density at radius 1 is 1.65 bits per heavy atom. The van der Waals surface area contributed by atoms with Gasteiger partial charge in [-0.05, 0) is 30.6 Å². The highest BCUT2D eigenvalue weighted by Gasteiger charge is 2.10. The van der Waals surface area contributed by atoms with E-state index in [1.54, 1.807) is 12.1 Å². The molecule has 0 unspecified atom stereocenters. The van der Waals surface area contributed by atoms with Crippen molar-refractivity contribution in [3.63, 3.8) is 0 Å². The van der Waals surface area contributed by atoms with Crippen LogP contribution < -0.4 is 11.3 Å². The standard InChI is InChI=1S/C9H10N4O2S2/c1-5-11-9(17-13-5)16-4-6-2-3-7(15-6)8(14)12-10/h2-3H,4,10H2,1H3,(H,12,14). The average molecular weight is 270 g/mol. The molecular formula is C9H10N4O2S2. The zero-order valence-electron chi connectivity index (χ0n) is 8.97. The first kappa shape index (κ1) is 12.1. The summed E-state index contributed by atoms with van der Waals surface area (Å²) in [4.78, 5) is 15.4. The number of nitrogens with zero attached hydrogens (tertiary/aromatic N) is 2. The van der Waals surface area contributed by atoms with Crippen LogP contribution in [-0.2, 0) is 5.75 Å². The third kappa shape index (κ3) is 3.05. The van der Waals surface area contributed by atoms with Gasteiger partial charge in [0.25, 0.3) is 0 Å². The van der Waals surface area contributed by atoms with Gasteiger partial charge in [0, 0.05) is 0 Å². The van der Waals surface area contributed by atoms with Crippen molar-refractivity contribution in [2.75, 3.05) is 0 Å². The Morgan fingerprint density at radius 3 is 3.12 bits per heavy atom. The molecule has 1 amide bonds. The molecule has 0 fully saturated rings. The second-order valence-corrected chi connectivity index (χ2v) is 5.11. The summed E-state index contributed by atoms with van der Waals surface area (Å²) in [5.74, 6) is 6.83. The minimum Gasteiger partial charge on any atom is -0.455 e. The fraction of sp³-hybridized carbons (Fsp3) is 0.222. The van der Waals surface area contributed by atoms with Gasteiger partial charge in [-0.25, -0.2) is 10.8 Å². The van der Waals surface area contributed by atoms with E-state index in [9.17, 15) is 4.79 Å². The third-order valence-corrected chi connectivity index (χ3v) is 3.81. The van der Waals surface area contributed by atoms with Crippen LogP contribution in [0.2, 0.25) is 0 Å². The quantitative estimate of drug-likeness (QED) is 0.377. The van der Waals surface area contributed by atoms with E-state index >= 15 is 0 Å². The van der Waals surface area contributed by atoms with E-state index in [0.29, 0.717) is 11.5 Å². The van der Waals surface area contributed by atoms with Crippen LogP contribution in [0.3, 0.4) is 0 Å². The van der Waals surface area contributed by atoms with Crippen molar-refractivity contribution in [1.82, 2.24) is 14.8 Å². The molecular weight excluding hydrogens is 260 g/mol. The zero-order chi connectivity index (χ0) is 12.3. The van der Waals surface area contributed by atoms with Gasteiger partial charge in [0.2, 0.25) is 0 Å². The average Bonchev–Trinajstić information content (AvgIpc) is 2.94. The molecule has 0 aromatic carbocycles. The summed E-state index contributed by atoms with van der Waals surface area (Å²) in [6.07, 6.45) is 0. The molecule has 0 radical (unpaired) electrons. The van der Waals surface area contributed by atoms with Gasteiger partial charge in [0.1, 0.15) is 11.6 Å². The fourth-order valence-electron chi connectivity index (χ4n) is 1.12. The van der Waals surface area contributed by atoms with Gasteiger partial charge >= 0.3 is 5.91 Å². The summed E-state index contributed by atoms with van der Waals surface area (Å²) in [5.41, 5.74) is 2.01. The molecule has 2 aromatic heterocycles. The zero-order valence-corrected chi connectivity index (χ0v) is 10.6. The van der Waals surface area contributed by atoms with E-state index in [1.165, 1.54) is 23.3 Å². The third-order valence-electron chi connectivity index (χ3n) is 1.86. The van der Waals surface area contributed by atoms with E-state index in [1.807, 2.05) is 12.3 Å². The van der Waals surface area contributed by atoms with Gasteiger partial charge < -0.3 is 4.42 Å². The number of nitrogens with one attached hydrogen (secondary N) is 1. The Balaban J connectivity index is 1.95. The first-order valence-electron chi connectivity index (χ1n) is 4.72. The van der Waals surface area contributed by atoms with Crippen LogP contribution in [0.4, 0.5) is 0 Å². The maximum absolute atomic E-state index is 11.1. The summed E-state index contributed by atoms with van der Waals surface area (Å²) in [6, 6.07) is 3.33. The molecule has 0 bridgehead atoms. The maximum Gasteiger partial charge on any atom is 0.300 e. The SMILES string of the molecule is Cc1nsc(SCc2ccc(C(=O)NN)o2)n1. The Kier molecular flexibility index (Phi) is 3.77. The fourth-order valence-corrected chi connectivity index (χ4v) is 2.66. The van der Waals surface area contributed by atoms with Crippen LogP contribution in [0.15, 0.2) is 20.9 Å². The van der Waals surface area contributed by atoms with Gasteiger partial charge in [-0.2, -0.15) is 4.37 Å². The van der Waals surface area contributed by atoms with Crippen molar-refractivity contribution in [3.05, 3.63) is 29.5 Å². The van der Waals surface area contributed by atoms with E-state index < -0.39 is 5.91 Å². The van der Waals surface area contributed by atoms with Crippen molar-refractivity contribution >= 4 is 29.2 Å². The monoisotopic (exact) mass is 270 g/mol. The molecule has 2 rings (SSSR count). The lowest BCUT2D eigenvalue weighted by Gasteiger charge is -1.95. The number of amides is 1. The molecule has 2 heterocycles. The number of carbonyl (C=O) groups excluding carboxylic acids is 1. The van der Waals surface area contributed by atoms with Crippen LogP contribution >= 0.6 is 23.3 Å². The van der Waals surface area contributed by atoms with E-state index in [4.69, 9.17) is 10.3 Å². The first-order valence-corrected chi connectivity index (χ1v) is 6.47. The molecule has 0 aliphatic rings. The minimum atomic E-state index is -0.437. The number of nitrogens with two attached hydrogens (primary N) is 1. The molecule has 0 aliphatic carbocycles. The number of furan rings is 1. The van der Waals surface area contributed by atoms with Crippen LogP contribution in [0.5, 0.6) is 0 Å². The van der Waals surface area contributed by atoms with Crippen LogP contribution in [0.25, 0.3) is 0 Å². The highest BCUT2D eigenvalue weighted by Crippen LogP contribution is 2.25. The lowest BCUT2D eigenvalue weighted by molar-refractivity contribution is 0.0924. The number of hydrazine groups is 1. The van der Waals surface area contributed by atoms with Gasteiger partial charge in [0.15, 0.2) is 10.1 Å². The second-order valence-electron chi connectivity index (χ2n) is 3.14. The molecule has 2 aromatic rings. The molecule has 90 valence electrons. The molecule has 0 saturated heterocycles. The van der Waals surface area contributed by atoms with Crippen molar-refractivity contribution < 1.29 is 9.21 Å². The summed E-state index contributed by atoms with van der Waals surface area (Å²) in [5, 5.41) is 0. The largest absolute Gasteiger partial charge is 0.455 e. The summed E-state index contributed by atoms with van der Waals surface area (Å²) in [6.45, 7) is 1.84. The lowest BCUT2D eigenvalue weighted by atomic mass is 10.4. The number of carbonyl (C=O) groups is 1. The Bertz CT molecular complexity index is 523. The second kappa shape index (κ2) is 5.30. The number of aryl methyl sites for hydroxylation is 1. The van der Waals surface area contributed by atoms with Crippen molar-refractivity contribution in [2.45, 2.75) is 17.0 Å². The number of hydrogen-bond acceptors (Lipinski definition) is 7. The number of rotatable bonds is 4. The molecule has 0 spiro atoms. The highest BCUT2D eigenvalue weighted by molar-refractivity contribution is 8.00. The lowest BCUT2D eigenvalue weighted by Crippen LogP contribution is -2.29. The van der Waals surface area contributed by atoms with Crippen LogP contribution in [0.1, 0.15) is 22.1 Å². The number of hydrogen-bond donors (Lipinski definition) is 2. The van der Waals surface area contributed by atoms with Gasteiger partial charge in [0.05, 0.1) is 5.75 Å². The predicted molar refractivity (Wildman–Crippen MR) is 64.6 cm³/mol. The molecule has 0 aliphatic heterocycles.